The number of nitrogens with zero attached hydrogens (tertiary/aromatic N) is 1. The molecule has 0 saturated heterocycles. The number of fused-ring (bicyclic) bond motifs is 1. The van der Waals surface area contributed by atoms with Crippen LogP contribution in [-0.2, 0) is 0 Å². The molecule has 0 aliphatic rings. The average molecular weight is 307 g/mol. The van der Waals surface area contributed by atoms with Crippen LogP contribution in [0, 0.1) is 0 Å². The molecular weight excluding hydrogens is 292 g/mol. The molecule has 1 aromatic carbocycles. The van der Waals surface area contributed by atoms with Crippen molar-refractivity contribution in [2.75, 3.05) is 11.9 Å². The van der Waals surface area contributed by atoms with E-state index in [-0.39, 0.29) is 5.91 Å². The molecule has 0 spiro atoms. The summed E-state index contributed by atoms with van der Waals surface area (Å²) in [6.45, 7) is 0.690. The Labute approximate surface area is 115 Å². The number of benzene rings is 1. The van der Waals surface area contributed by atoms with Crippen LogP contribution in [0.15, 0.2) is 36.5 Å². The van der Waals surface area contributed by atoms with Crippen LogP contribution in [0.4, 0.5) is 0 Å². The largest absolute Gasteiger partial charge is 0.351 e. The van der Waals surface area contributed by atoms with E-state index in [1.807, 2.05) is 30.3 Å². The molecule has 3 nitrogen and oxygen atoms in total. The number of amides is 1. The van der Waals surface area contributed by atoms with Gasteiger partial charge in [0, 0.05) is 23.5 Å². The molecule has 1 N–H and O–H groups in total. The summed E-state index contributed by atoms with van der Waals surface area (Å²) in [5.41, 5.74) is 0.506. The average Bonchev–Trinajstić information content (AvgIpc) is 2.43. The minimum atomic E-state index is -0.0960. The standard InChI is InChI=1S/C14H15BrN2O/c15-8-3-4-9-17-14(18)13-12-6-2-1-5-11(12)7-10-16-13/h1-2,5-7,10H,3-4,8-9H2,(H,17,18). The molecule has 1 amide bonds. The maximum absolute atomic E-state index is 12.0. The lowest BCUT2D eigenvalue weighted by Gasteiger charge is -2.06. The van der Waals surface area contributed by atoms with Gasteiger partial charge in [-0.05, 0) is 24.3 Å². The summed E-state index contributed by atoms with van der Waals surface area (Å²) in [6.07, 6.45) is 3.71. The van der Waals surface area contributed by atoms with Crippen molar-refractivity contribution in [3.8, 4) is 0 Å². The quantitative estimate of drug-likeness (QED) is 0.681. The minimum absolute atomic E-state index is 0.0960. The molecule has 2 rings (SSSR count). The van der Waals surface area contributed by atoms with Gasteiger partial charge < -0.3 is 5.32 Å². The van der Waals surface area contributed by atoms with Crippen molar-refractivity contribution in [1.29, 1.82) is 0 Å². The highest BCUT2D eigenvalue weighted by atomic mass is 79.9. The molecule has 0 fully saturated rings. The van der Waals surface area contributed by atoms with Crippen LogP contribution in [-0.4, -0.2) is 22.8 Å². The summed E-state index contributed by atoms with van der Waals surface area (Å²) in [5, 5.41) is 5.81. The molecule has 94 valence electrons. The van der Waals surface area contributed by atoms with Gasteiger partial charge in [0.1, 0.15) is 5.69 Å². The Morgan fingerprint density at radius 1 is 1.22 bits per heavy atom. The number of aromatic nitrogens is 1. The molecular formula is C14H15BrN2O. The molecule has 0 saturated carbocycles. The maximum Gasteiger partial charge on any atom is 0.270 e. The molecule has 0 aliphatic carbocycles. The molecule has 2 aromatic rings. The molecule has 0 atom stereocenters. The number of hydrogen-bond donors (Lipinski definition) is 1. The van der Waals surface area contributed by atoms with Crippen LogP contribution >= 0.6 is 15.9 Å². The van der Waals surface area contributed by atoms with E-state index in [1.54, 1.807) is 6.20 Å². The van der Waals surface area contributed by atoms with E-state index >= 15 is 0 Å². The monoisotopic (exact) mass is 306 g/mol. The number of carbonyl (C=O) groups is 1. The van der Waals surface area contributed by atoms with E-state index in [4.69, 9.17) is 0 Å². The van der Waals surface area contributed by atoms with Gasteiger partial charge in [-0.15, -0.1) is 0 Å². The minimum Gasteiger partial charge on any atom is -0.351 e. The van der Waals surface area contributed by atoms with Gasteiger partial charge in [-0.25, -0.2) is 0 Å². The number of unbranched alkanes of at least 4 members (excludes halogenated alkanes) is 1. The predicted molar refractivity (Wildman–Crippen MR) is 77.1 cm³/mol. The highest BCUT2D eigenvalue weighted by Crippen LogP contribution is 2.15. The second kappa shape index (κ2) is 6.50. The van der Waals surface area contributed by atoms with Crippen molar-refractivity contribution in [3.05, 3.63) is 42.2 Å². The summed E-state index contributed by atoms with van der Waals surface area (Å²) in [5.74, 6) is -0.0960. The van der Waals surface area contributed by atoms with Gasteiger partial charge in [0.25, 0.3) is 5.91 Å². The van der Waals surface area contributed by atoms with Crippen LogP contribution in [0.2, 0.25) is 0 Å². The van der Waals surface area contributed by atoms with Gasteiger partial charge >= 0.3 is 0 Å². The lowest BCUT2D eigenvalue weighted by atomic mass is 10.1. The summed E-state index contributed by atoms with van der Waals surface area (Å²) in [6, 6.07) is 9.71. The number of carbonyl (C=O) groups excluding carboxylic acids is 1. The number of hydrogen-bond acceptors (Lipinski definition) is 2. The number of pyridine rings is 1. The Balaban J connectivity index is 2.13. The first-order valence-electron chi connectivity index (χ1n) is 6.01. The van der Waals surface area contributed by atoms with Gasteiger partial charge in [-0.1, -0.05) is 40.2 Å². The molecule has 4 heteroatoms. The Kier molecular flexibility index (Phi) is 4.70. The van der Waals surface area contributed by atoms with Crippen molar-refractivity contribution in [2.24, 2.45) is 0 Å². The molecule has 0 radical (unpaired) electrons. The fourth-order valence-electron chi connectivity index (χ4n) is 1.81. The first kappa shape index (κ1) is 13.0. The van der Waals surface area contributed by atoms with E-state index in [1.165, 1.54) is 0 Å². The summed E-state index contributed by atoms with van der Waals surface area (Å²) < 4.78 is 0. The van der Waals surface area contributed by atoms with Crippen molar-refractivity contribution >= 4 is 32.6 Å². The zero-order valence-electron chi connectivity index (χ0n) is 10.0. The Bertz CT molecular complexity index is 537. The third kappa shape index (κ3) is 3.07. The van der Waals surface area contributed by atoms with Crippen LogP contribution in [0.1, 0.15) is 23.3 Å². The topological polar surface area (TPSA) is 42.0 Å². The molecule has 0 aliphatic heterocycles. The predicted octanol–water partition coefficient (Wildman–Crippen LogP) is 3.14. The summed E-state index contributed by atoms with van der Waals surface area (Å²) >= 11 is 3.37. The Morgan fingerprint density at radius 2 is 2.06 bits per heavy atom. The lowest BCUT2D eigenvalue weighted by molar-refractivity contribution is 0.0950. The van der Waals surface area contributed by atoms with Crippen molar-refractivity contribution < 1.29 is 4.79 Å². The SMILES string of the molecule is O=C(NCCCCBr)c1nccc2ccccc12. The van der Waals surface area contributed by atoms with Crippen molar-refractivity contribution in [3.63, 3.8) is 0 Å². The summed E-state index contributed by atoms with van der Waals surface area (Å²) in [4.78, 5) is 16.2. The van der Waals surface area contributed by atoms with Gasteiger partial charge in [0.2, 0.25) is 0 Å². The molecule has 18 heavy (non-hydrogen) atoms. The van der Waals surface area contributed by atoms with Crippen LogP contribution in [0.25, 0.3) is 10.8 Å². The van der Waals surface area contributed by atoms with Gasteiger partial charge in [-0.2, -0.15) is 0 Å². The first-order valence-corrected chi connectivity index (χ1v) is 7.13. The van der Waals surface area contributed by atoms with Gasteiger partial charge in [-0.3, -0.25) is 9.78 Å². The zero-order chi connectivity index (χ0) is 12.8. The van der Waals surface area contributed by atoms with E-state index < -0.39 is 0 Å². The molecule has 0 bridgehead atoms. The highest BCUT2D eigenvalue weighted by Gasteiger charge is 2.10. The van der Waals surface area contributed by atoms with Gasteiger partial charge in [0.05, 0.1) is 0 Å². The fourth-order valence-corrected chi connectivity index (χ4v) is 2.20. The zero-order valence-corrected chi connectivity index (χ0v) is 11.6. The number of rotatable bonds is 5. The number of halogens is 1. The van der Waals surface area contributed by atoms with Crippen molar-refractivity contribution in [1.82, 2.24) is 10.3 Å². The van der Waals surface area contributed by atoms with E-state index in [0.29, 0.717) is 12.2 Å². The number of alkyl halides is 1. The first-order chi connectivity index (χ1) is 8.83. The molecule has 1 aromatic heterocycles. The van der Waals surface area contributed by atoms with Crippen LogP contribution in [0.5, 0.6) is 0 Å². The fraction of sp³-hybridized carbons (Fsp3) is 0.286. The second-order valence-electron chi connectivity index (χ2n) is 4.03. The van der Waals surface area contributed by atoms with E-state index in [0.717, 1.165) is 28.9 Å². The normalized spacial score (nSPS) is 10.5. The van der Waals surface area contributed by atoms with Gasteiger partial charge in [0.15, 0.2) is 0 Å². The third-order valence-electron chi connectivity index (χ3n) is 2.73. The van der Waals surface area contributed by atoms with Crippen LogP contribution in [0.3, 0.4) is 0 Å². The third-order valence-corrected chi connectivity index (χ3v) is 3.30. The molecule has 0 unspecified atom stereocenters. The Morgan fingerprint density at radius 3 is 2.89 bits per heavy atom. The second-order valence-corrected chi connectivity index (χ2v) is 4.83. The highest BCUT2D eigenvalue weighted by molar-refractivity contribution is 9.09. The summed E-state index contributed by atoms with van der Waals surface area (Å²) in [7, 11) is 0. The molecule has 1 heterocycles. The van der Waals surface area contributed by atoms with Crippen LogP contribution < -0.4 is 5.32 Å². The van der Waals surface area contributed by atoms with Crippen molar-refractivity contribution in [2.45, 2.75) is 12.8 Å². The maximum atomic E-state index is 12.0. The number of nitrogens with one attached hydrogen (secondary N) is 1. The van der Waals surface area contributed by atoms with E-state index in [2.05, 4.69) is 26.2 Å². The smallest absolute Gasteiger partial charge is 0.270 e. The Hall–Kier alpha value is -1.42. The lowest BCUT2D eigenvalue weighted by Crippen LogP contribution is -2.25. The van der Waals surface area contributed by atoms with E-state index in [9.17, 15) is 4.79 Å².